The molecule has 19 heavy (non-hydrogen) atoms. The zero-order valence-electron chi connectivity index (χ0n) is 12.8. The summed E-state index contributed by atoms with van der Waals surface area (Å²) in [6.45, 7) is 9.36. The van der Waals surface area contributed by atoms with Gasteiger partial charge in [-0.15, -0.1) is 0 Å². The lowest BCUT2D eigenvalue weighted by molar-refractivity contribution is 0.299. The first-order chi connectivity index (χ1) is 9.29. The molecule has 1 rings (SSSR count). The number of rotatable bonds is 10. The lowest BCUT2D eigenvalue weighted by Crippen LogP contribution is -2.15. The number of ether oxygens (including phenoxy) is 1. The van der Waals surface area contributed by atoms with Crippen molar-refractivity contribution in [1.29, 1.82) is 0 Å². The van der Waals surface area contributed by atoms with Gasteiger partial charge < -0.3 is 10.1 Å². The van der Waals surface area contributed by atoms with Crippen molar-refractivity contribution in [3.63, 3.8) is 0 Å². The van der Waals surface area contributed by atoms with E-state index in [9.17, 15) is 0 Å². The second kappa shape index (κ2) is 9.85. The van der Waals surface area contributed by atoms with Crippen molar-refractivity contribution < 1.29 is 4.74 Å². The molecule has 1 N–H and O–H groups in total. The van der Waals surface area contributed by atoms with E-state index in [0.717, 1.165) is 31.9 Å². The summed E-state index contributed by atoms with van der Waals surface area (Å²) < 4.78 is 6.01. The molecular weight excluding hydrogens is 234 g/mol. The van der Waals surface area contributed by atoms with Crippen LogP contribution in [0, 0.1) is 6.92 Å². The van der Waals surface area contributed by atoms with E-state index in [1.54, 1.807) is 0 Å². The zero-order chi connectivity index (χ0) is 13.9. The summed E-state index contributed by atoms with van der Waals surface area (Å²) in [4.78, 5) is 0. The van der Waals surface area contributed by atoms with Crippen molar-refractivity contribution in [3.8, 4) is 5.75 Å². The highest BCUT2D eigenvalue weighted by Gasteiger charge is 2.06. The van der Waals surface area contributed by atoms with Gasteiger partial charge in [-0.1, -0.05) is 51.3 Å². The third-order valence-electron chi connectivity index (χ3n) is 3.28. The van der Waals surface area contributed by atoms with Crippen molar-refractivity contribution >= 4 is 0 Å². The maximum absolute atomic E-state index is 6.01. The molecule has 1 aromatic rings. The molecule has 0 aromatic heterocycles. The highest BCUT2D eigenvalue weighted by Crippen LogP contribution is 2.23. The molecule has 108 valence electrons. The van der Waals surface area contributed by atoms with E-state index in [1.165, 1.54) is 36.8 Å². The number of unbranched alkanes of at least 4 members (excludes halogenated alkanes) is 3. The third-order valence-corrected chi connectivity index (χ3v) is 3.28. The van der Waals surface area contributed by atoms with Gasteiger partial charge in [-0.05, 0) is 31.9 Å². The SMILES string of the molecule is CCCCCCOc1c(C)cccc1CNCCC. The van der Waals surface area contributed by atoms with Crippen LogP contribution in [0.25, 0.3) is 0 Å². The maximum Gasteiger partial charge on any atom is 0.126 e. The van der Waals surface area contributed by atoms with Crippen LogP contribution in [0.1, 0.15) is 57.1 Å². The largest absolute Gasteiger partial charge is 0.493 e. The molecule has 0 heterocycles. The molecule has 0 bridgehead atoms. The summed E-state index contributed by atoms with van der Waals surface area (Å²) in [5.41, 5.74) is 2.52. The topological polar surface area (TPSA) is 21.3 Å². The van der Waals surface area contributed by atoms with Crippen LogP contribution in [0.2, 0.25) is 0 Å². The number of hydrogen-bond acceptors (Lipinski definition) is 2. The van der Waals surface area contributed by atoms with E-state index in [-0.39, 0.29) is 0 Å². The fraction of sp³-hybridized carbons (Fsp3) is 0.647. The Balaban J connectivity index is 2.49. The number of aryl methyl sites for hydroxylation is 1. The van der Waals surface area contributed by atoms with E-state index in [0.29, 0.717) is 0 Å². The smallest absolute Gasteiger partial charge is 0.126 e. The fourth-order valence-corrected chi connectivity index (χ4v) is 2.16. The number of hydrogen-bond donors (Lipinski definition) is 1. The first-order valence-electron chi connectivity index (χ1n) is 7.71. The quantitative estimate of drug-likeness (QED) is 0.630. The molecule has 0 radical (unpaired) electrons. The minimum atomic E-state index is 0.839. The Labute approximate surface area is 118 Å². The van der Waals surface area contributed by atoms with Crippen LogP contribution >= 0.6 is 0 Å². The molecule has 0 saturated heterocycles. The Morgan fingerprint density at radius 2 is 1.89 bits per heavy atom. The van der Waals surface area contributed by atoms with Gasteiger partial charge in [0.05, 0.1) is 6.61 Å². The Morgan fingerprint density at radius 3 is 2.63 bits per heavy atom. The Kier molecular flexibility index (Phi) is 8.31. The lowest BCUT2D eigenvalue weighted by Gasteiger charge is -2.14. The summed E-state index contributed by atoms with van der Waals surface area (Å²) in [6.07, 6.45) is 6.17. The van der Waals surface area contributed by atoms with Gasteiger partial charge >= 0.3 is 0 Å². The van der Waals surface area contributed by atoms with Gasteiger partial charge in [-0.3, -0.25) is 0 Å². The Hall–Kier alpha value is -1.02. The van der Waals surface area contributed by atoms with Gasteiger partial charge in [0.25, 0.3) is 0 Å². The Bertz CT molecular complexity index is 349. The highest BCUT2D eigenvalue weighted by atomic mass is 16.5. The van der Waals surface area contributed by atoms with Gasteiger partial charge in [0.15, 0.2) is 0 Å². The summed E-state index contributed by atoms with van der Waals surface area (Å²) in [7, 11) is 0. The second-order valence-electron chi connectivity index (χ2n) is 5.15. The van der Waals surface area contributed by atoms with Gasteiger partial charge in [0.2, 0.25) is 0 Å². The fourth-order valence-electron chi connectivity index (χ4n) is 2.16. The molecule has 1 aromatic carbocycles. The molecular formula is C17H29NO. The zero-order valence-corrected chi connectivity index (χ0v) is 12.8. The van der Waals surface area contributed by atoms with Crippen molar-refractivity contribution in [1.82, 2.24) is 5.32 Å². The van der Waals surface area contributed by atoms with Crippen LogP contribution in [0.3, 0.4) is 0 Å². The number of benzene rings is 1. The Morgan fingerprint density at radius 1 is 1.05 bits per heavy atom. The average molecular weight is 263 g/mol. The summed E-state index contributed by atoms with van der Waals surface area (Å²) >= 11 is 0. The standard InChI is InChI=1S/C17H29NO/c1-4-6-7-8-13-19-17-15(3)10-9-11-16(17)14-18-12-5-2/h9-11,18H,4-8,12-14H2,1-3H3. The van der Waals surface area contributed by atoms with Crippen LogP contribution in [0.5, 0.6) is 5.75 Å². The number of para-hydroxylation sites is 1. The molecule has 0 saturated carbocycles. The van der Waals surface area contributed by atoms with Crippen LogP contribution in [-0.2, 0) is 6.54 Å². The minimum absolute atomic E-state index is 0.839. The summed E-state index contributed by atoms with van der Waals surface area (Å²) in [6, 6.07) is 6.41. The van der Waals surface area contributed by atoms with E-state index in [1.807, 2.05) is 0 Å². The molecule has 0 amide bonds. The first kappa shape index (κ1) is 16.0. The molecule has 2 heteroatoms. The van der Waals surface area contributed by atoms with Crippen LogP contribution in [-0.4, -0.2) is 13.2 Å². The van der Waals surface area contributed by atoms with E-state index < -0.39 is 0 Å². The van der Waals surface area contributed by atoms with Crippen LogP contribution in [0.15, 0.2) is 18.2 Å². The van der Waals surface area contributed by atoms with E-state index >= 15 is 0 Å². The normalized spacial score (nSPS) is 10.7. The highest BCUT2D eigenvalue weighted by molar-refractivity contribution is 5.40. The van der Waals surface area contributed by atoms with Gasteiger partial charge in [0.1, 0.15) is 5.75 Å². The molecule has 0 aliphatic carbocycles. The maximum atomic E-state index is 6.01. The van der Waals surface area contributed by atoms with Crippen molar-refractivity contribution in [2.45, 2.75) is 59.4 Å². The first-order valence-corrected chi connectivity index (χ1v) is 7.71. The number of nitrogens with one attached hydrogen (secondary N) is 1. The molecule has 0 spiro atoms. The third kappa shape index (κ3) is 6.11. The second-order valence-corrected chi connectivity index (χ2v) is 5.15. The molecule has 0 atom stereocenters. The molecule has 0 fully saturated rings. The molecule has 0 aliphatic heterocycles. The predicted molar refractivity (Wildman–Crippen MR) is 82.8 cm³/mol. The van der Waals surface area contributed by atoms with Gasteiger partial charge in [-0.25, -0.2) is 0 Å². The molecule has 2 nitrogen and oxygen atoms in total. The predicted octanol–water partition coefficient (Wildman–Crippen LogP) is 4.45. The molecule has 0 aliphatic rings. The van der Waals surface area contributed by atoms with Crippen LogP contribution < -0.4 is 10.1 Å². The monoisotopic (exact) mass is 263 g/mol. The van der Waals surface area contributed by atoms with Crippen molar-refractivity contribution in [2.75, 3.05) is 13.2 Å². The summed E-state index contributed by atoms with van der Waals surface area (Å²) in [5.74, 6) is 1.09. The summed E-state index contributed by atoms with van der Waals surface area (Å²) in [5, 5.41) is 3.45. The molecule has 0 unspecified atom stereocenters. The van der Waals surface area contributed by atoms with Crippen molar-refractivity contribution in [2.24, 2.45) is 0 Å². The van der Waals surface area contributed by atoms with Gasteiger partial charge in [-0.2, -0.15) is 0 Å². The van der Waals surface area contributed by atoms with Crippen LogP contribution in [0.4, 0.5) is 0 Å². The lowest BCUT2D eigenvalue weighted by atomic mass is 10.1. The van der Waals surface area contributed by atoms with E-state index in [2.05, 4.69) is 44.3 Å². The van der Waals surface area contributed by atoms with Crippen molar-refractivity contribution in [3.05, 3.63) is 29.3 Å². The van der Waals surface area contributed by atoms with Gasteiger partial charge in [0, 0.05) is 12.1 Å². The minimum Gasteiger partial charge on any atom is -0.493 e. The van der Waals surface area contributed by atoms with E-state index in [4.69, 9.17) is 4.74 Å². The average Bonchev–Trinajstić information content (AvgIpc) is 2.41.